The molecule has 0 aliphatic carbocycles. The second-order valence-electron chi connectivity index (χ2n) is 4.99. The van der Waals surface area contributed by atoms with Gasteiger partial charge in [0.15, 0.2) is 0 Å². The van der Waals surface area contributed by atoms with E-state index >= 15 is 0 Å². The van der Waals surface area contributed by atoms with Gasteiger partial charge in [0.25, 0.3) is 0 Å². The number of hydrogen-bond donors (Lipinski definition) is 1. The molecule has 0 aliphatic heterocycles. The van der Waals surface area contributed by atoms with E-state index in [9.17, 15) is 0 Å². The molecular formula is C17H21NO. The SMILES string of the molecule is Cc1ccc(OC(C)CNc2cccc(C)c2)cc1. The van der Waals surface area contributed by atoms with Crippen molar-refractivity contribution in [3.8, 4) is 5.75 Å². The summed E-state index contributed by atoms with van der Waals surface area (Å²) in [6.45, 7) is 7.03. The monoisotopic (exact) mass is 255 g/mol. The fraction of sp³-hybridized carbons (Fsp3) is 0.294. The van der Waals surface area contributed by atoms with E-state index in [2.05, 4.69) is 62.5 Å². The van der Waals surface area contributed by atoms with Crippen molar-refractivity contribution in [2.45, 2.75) is 26.9 Å². The second-order valence-corrected chi connectivity index (χ2v) is 4.99. The molecule has 2 heteroatoms. The van der Waals surface area contributed by atoms with E-state index < -0.39 is 0 Å². The molecule has 0 saturated heterocycles. The van der Waals surface area contributed by atoms with Crippen LogP contribution in [0.2, 0.25) is 0 Å². The second kappa shape index (κ2) is 6.28. The van der Waals surface area contributed by atoms with Crippen LogP contribution in [0.5, 0.6) is 5.75 Å². The van der Waals surface area contributed by atoms with Crippen LogP contribution in [0.4, 0.5) is 5.69 Å². The number of ether oxygens (including phenoxy) is 1. The molecule has 19 heavy (non-hydrogen) atoms. The van der Waals surface area contributed by atoms with Crippen molar-refractivity contribution in [1.29, 1.82) is 0 Å². The Kier molecular flexibility index (Phi) is 4.45. The lowest BCUT2D eigenvalue weighted by Gasteiger charge is -2.16. The number of benzene rings is 2. The van der Waals surface area contributed by atoms with Crippen LogP contribution < -0.4 is 10.1 Å². The Labute approximate surface area is 115 Å². The molecule has 1 unspecified atom stereocenters. The summed E-state index contributed by atoms with van der Waals surface area (Å²) in [7, 11) is 0. The lowest BCUT2D eigenvalue weighted by molar-refractivity contribution is 0.234. The normalized spacial score (nSPS) is 11.9. The van der Waals surface area contributed by atoms with Gasteiger partial charge in [-0.15, -0.1) is 0 Å². The third-order valence-electron chi connectivity index (χ3n) is 2.97. The standard InChI is InChI=1S/C17H21NO/c1-13-7-9-17(10-8-13)19-15(3)12-18-16-6-4-5-14(2)11-16/h4-11,15,18H,12H2,1-3H3. The van der Waals surface area contributed by atoms with Gasteiger partial charge in [-0.05, 0) is 50.6 Å². The van der Waals surface area contributed by atoms with Gasteiger partial charge < -0.3 is 10.1 Å². The third-order valence-corrected chi connectivity index (χ3v) is 2.97. The highest BCUT2D eigenvalue weighted by Crippen LogP contribution is 2.14. The summed E-state index contributed by atoms with van der Waals surface area (Å²) in [5.74, 6) is 0.921. The van der Waals surface area contributed by atoms with Gasteiger partial charge in [0.05, 0.1) is 6.54 Å². The Balaban J connectivity index is 1.84. The van der Waals surface area contributed by atoms with E-state index in [1.165, 1.54) is 11.1 Å². The van der Waals surface area contributed by atoms with Crippen molar-refractivity contribution in [3.05, 3.63) is 59.7 Å². The summed E-state index contributed by atoms with van der Waals surface area (Å²) in [5.41, 5.74) is 3.65. The van der Waals surface area contributed by atoms with Crippen LogP contribution in [0, 0.1) is 13.8 Å². The molecule has 2 nitrogen and oxygen atoms in total. The fourth-order valence-corrected chi connectivity index (χ4v) is 1.91. The molecule has 2 rings (SSSR count). The quantitative estimate of drug-likeness (QED) is 0.865. The van der Waals surface area contributed by atoms with Crippen LogP contribution in [0.15, 0.2) is 48.5 Å². The molecule has 2 aromatic rings. The average molecular weight is 255 g/mol. The highest BCUT2D eigenvalue weighted by molar-refractivity contribution is 5.45. The Morgan fingerprint density at radius 1 is 1.00 bits per heavy atom. The van der Waals surface area contributed by atoms with E-state index in [-0.39, 0.29) is 6.10 Å². The first-order valence-electron chi connectivity index (χ1n) is 6.67. The topological polar surface area (TPSA) is 21.3 Å². The molecule has 100 valence electrons. The average Bonchev–Trinajstić information content (AvgIpc) is 2.39. The predicted octanol–water partition coefficient (Wildman–Crippen LogP) is 4.18. The van der Waals surface area contributed by atoms with Gasteiger partial charge in [-0.1, -0.05) is 29.8 Å². The molecule has 0 aromatic heterocycles. The van der Waals surface area contributed by atoms with Crippen molar-refractivity contribution in [3.63, 3.8) is 0 Å². The van der Waals surface area contributed by atoms with Crippen LogP contribution in [-0.4, -0.2) is 12.6 Å². The van der Waals surface area contributed by atoms with Crippen LogP contribution >= 0.6 is 0 Å². The lowest BCUT2D eigenvalue weighted by atomic mass is 10.2. The van der Waals surface area contributed by atoms with Crippen molar-refractivity contribution < 1.29 is 4.74 Å². The van der Waals surface area contributed by atoms with E-state index in [4.69, 9.17) is 4.74 Å². The summed E-state index contributed by atoms with van der Waals surface area (Å²) in [4.78, 5) is 0. The zero-order chi connectivity index (χ0) is 13.7. The molecule has 0 radical (unpaired) electrons. The maximum atomic E-state index is 5.86. The van der Waals surface area contributed by atoms with Gasteiger partial charge in [0.2, 0.25) is 0 Å². The summed E-state index contributed by atoms with van der Waals surface area (Å²) in [5, 5.41) is 3.39. The molecule has 1 atom stereocenters. The Morgan fingerprint density at radius 3 is 2.42 bits per heavy atom. The number of rotatable bonds is 5. The maximum Gasteiger partial charge on any atom is 0.119 e. The van der Waals surface area contributed by atoms with E-state index in [1.807, 2.05) is 12.1 Å². The predicted molar refractivity (Wildman–Crippen MR) is 80.9 cm³/mol. The fourth-order valence-electron chi connectivity index (χ4n) is 1.91. The minimum atomic E-state index is 0.128. The van der Waals surface area contributed by atoms with E-state index in [0.717, 1.165) is 18.0 Å². The Bertz CT molecular complexity index is 519. The number of nitrogens with one attached hydrogen (secondary N) is 1. The summed E-state index contributed by atoms with van der Waals surface area (Å²) >= 11 is 0. The van der Waals surface area contributed by atoms with E-state index in [1.54, 1.807) is 0 Å². The van der Waals surface area contributed by atoms with E-state index in [0.29, 0.717) is 0 Å². The molecule has 0 amide bonds. The lowest BCUT2D eigenvalue weighted by Crippen LogP contribution is -2.22. The first-order valence-corrected chi connectivity index (χ1v) is 6.67. The minimum absolute atomic E-state index is 0.128. The molecule has 0 bridgehead atoms. The molecule has 0 fully saturated rings. The van der Waals surface area contributed by atoms with Crippen LogP contribution in [0.25, 0.3) is 0 Å². The van der Waals surface area contributed by atoms with Gasteiger partial charge in [-0.25, -0.2) is 0 Å². The zero-order valence-electron chi connectivity index (χ0n) is 11.8. The first kappa shape index (κ1) is 13.5. The number of anilines is 1. The van der Waals surface area contributed by atoms with Crippen LogP contribution in [-0.2, 0) is 0 Å². The van der Waals surface area contributed by atoms with Crippen LogP contribution in [0.1, 0.15) is 18.1 Å². The Morgan fingerprint density at radius 2 is 1.74 bits per heavy atom. The smallest absolute Gasteiger partial charge is 0.119 e. The van der Waals surface area contributed by atoms with Crippen molar-refractivity contribution in [2.24, 2.45) is 0 Å². The van der Waals surface area contributed by atoms with Crippen molar-refractivity contribution >= 4 is 5.69 Å². The molecule has 0 saturated carbocycles. The summed E-state index contributed by atoms with van der Waals surface area (Å²) in [6, 6.07) is 16.5. The Hall–Kier alpha value is -1.96. The summed E-state index contributed by atoms with van der Waals surface area (Å²) in [6.07, 6.45) is 0.128. The van der Waals surface area contributed by atoms with Gasteiger partial charge >= 0.3 is 0 Å². The van der Waals surface area contributed by atoms with Crippen molar-refractivity contribution in [1.82, 2.24) is 0 Å². The molecule has 0 heterocycles. The number of hydrogen-bond acceptors (Lipinski definition) is 2. The van der Waals surface area contributed by atoms with Gasteiger partial charge in [0.1, 0.15) is 11.9 Å². The van der Waals surface area contributed by atoms with Crippen LogP contribution in [0.3, 0.4) is 0 Å². The first-order chi connectivity index (χ1) is 9.13. The molecular weight excluding hydrogens is 234 g/mol. The molecule has 2 aromatic carbocycles. The molecule has 0 aliphatic rings. The third kappa shape index (κ3) is 4.32. The highest BCUT2D eigenvalue weighted by atomic mass is 16.5. The van der Waals surface area contributed by atoms with Gasteiger partial charge in [-0.2, -0.15) is 0 Å². The zero-order valence-corrected chi connectivity index (χ0v) is 11.8. The van der Waals surface area contributed by atoms with Gasteiger partial charge in [-0.3, -0.25) is 0 Å². The summed E-state index contributed by atoms with van der Waals surface area (Å²) < 4.78 is 5.86. The van der Waals surface area contributed by atoms with Gasteiger partial charge in [0, 0.05) is 5.69 Å². The highest BCUT2D eigenvalue weighted by Gasteiger charge is 2.03. The minimum Gasteiger partial charge on any atom is -0.489 e. The van der Waals surface area contributed by atoms with Crippen molar-refractivity contribution in [2.75, 3.05) is 11.9 Å². The number of aryl methyl sites for hydroxylation is 2. The largest absolute Gasteiger partial charge is 0.489 e. The maximum absolute atomic E-state index is 5.86. The molecule has 1 N–H and O–H groups in total. The molecule has 0 spiro atoms.